The molecule has 2 aliphatic rings. The fourth-order valence-electron chi connectivity index (χ4n) is 2.91. The Balaban J connectivity index is 2.03. The third kappa shape index (κ3) is 3.65. The molecule has 2 saturated heterocycles. The summed E-state index contributed by atoms with van der Waals surface area (Å²) in [6.45, 7) is 5.50. The zero-order valence-corrected chi connectivity index (χ0v) is 12.6. The highest BCUT2D eigenvalue weighted by Crippen LogP contribution is 2.21. The Morgan fingerprint density at radius 1 is 1.38 bits per heavy atom. The van der Waals surface area contributed by atoms with Gasteiger partial charge in [0, 0.05) is 13.2 Å². The van der Waals surface area contributed by atoms with Crippen LogP contribution in [0.5, 0.6) is 0 Å². The van der Waals surface area contributed by atoms with Crippen molar-refractivity contribution in [3.05, 3.63) is 0 Å². The number of hydrogen-bond donors (Lipinski definition) is 2. The number of carbonyl (C=O) groups excluding carboxylic acids is 1. The highest BCUT2D eigenvalue weighted by molar-refractivity contribution is 5.77. The minimum atomic E-state index is -0.913. The number of carbonyl (C=O) groups is 2. The van der Waals surface area contributed by atoms with Gasteiger partial charge in [0.15, 0.2) is 0 Å². The van der Waals surface area contributed by atoms with Gasteiger partial charge in [-0.25, -0.2) is 4.79 Å². The van der Waals surface area contributed by atoms with Crippen LogP contribution < -0.4 is 5.32 Å². The van der Waals surface area contributed by atoms with Crippen LogP contribution in [0.3, 0.4) is 0 Å². The summed E-state index contributed by atoms with van der Waals surface area (Å²) >= 11 is 0. The van der Waals surface area contributed by atoms with Crippen LogP contribution in [0.4, 0.5) is 4.79 Å². The second-order valence-corrected chi connectivity index (χ2v) is 5.66. The van der Waals surface area contributed by atoms with Gasteiger partial charge in [-0.1, -0.05) is 6.92 Å². The van der Waals surface area contributed by atoms with Gasteiger partial charge >= 0.3 is 12.0 Å². The molecule has 0 saturated carbocycles. The van der Waals surface area contributed by atoms with Gasteiger partial charge < -0.3 is 24.8 Å². The third-order valence-corrected chi connectivity index (χ3v) is 4.18. The van der Waals surface area contributed by atoms with E-state index in [0.717, 1.165) is 12.8 Å². The molecule has 7 heteroatoms. The van der Waals surface area contributed by atoms with Crippen molar-refractivity contribution in [1.29, 1.82) is 0 Å². The molecule has 2 aliphatic heterocycles. The molecule has 0 aromatic carbocycles. The molecule has 2 rings (SSSR count). The average molecular weight is 300 g/mol. The van der Waals surface area contributed by atoms with E-state index < -0.39 is 17.9 Å². The lowest BCUT2D eigenvalue weighted by molar-refractivity contribution is -0.142. The van der Waals surface area contributed by atoms with E-state index in [-0.39, 0.29) is 31.4 Å². The number of amides is 2. The molecular weight excluding hydrogens is 276 g/mol. The minimum absolute atomic E-state index is 0.00692. The number of nitrogens with one attached hydrogen (secondary N) is 1. The first-order valence-corrected chi connectivity index (χ1v) is 7.53. The van der Waals surface area contributed by atoms with E-state index in [1.807, 2.05) is 13.8 Å². The molecule has 0 aromatic rings. The normalized spacial score (nSPS) is 32.1. The average Bonchev–Trinajstić information content (AvgIpc) is 3.06. The van der Waals surface area contributed by atoms with E-state index in [0.29, 0.717) is 13.2 Å². The molecule has 4 atom stereocenters. The van der Waals surface area contributed by atoms with Crippen LogP contribution in [0.1, 0.15) is 26.7 Å². The van der Waals surface area contributed by atoms with E-state index in [1.54, 1.807) is 4.90 Å². The number of carboxylic acids is 1. The molecular formula is C14H24N2O5. The van der Waals surface area contributed by atoms with Gasteiger partial charge in [-0.2, -0.15) is 0 Å². The molecule has 2 fully saturated rings. The van der Waals surface area contributed by atoms with Gasteiger partial charge in [0.2, 0.25) is 0 Å². The monoisotopic (exact) mass is 300 g/mol. The molecule has 0 aromatic heterocycles. The van der Waals surface area contributed by atoms with E-state index in [4.69, 9.17) is 9.47 Å². The Kier molecular flexibility index (Phi) is 5.41. The van der Waals surface area contributed by atoms with Crippen LogP contribution >= 0.6 is 0 Å². The molecule has 120 valence electrons. The van der Waals surface area contributed by atoms with Crippen molar-refractivity contribution in [3.63, 3.8) is 0 Å². The number of urea groups is 1. The quantitative estimate of drug-likeness (QED) is 0.779. The van der Waals surface area contributed by atoms with Gasteiger partial charge in [-0.15, -0.1) is 0 Å². The van der Waals surface area contributed by atoms with Crippen LogP contribution in [0.25, 0.3) is 0 Å². The molecule has 21 heavy (non-hydrogen) atoms. The molecule has 4 unspecified atom stereocenters. The van der Waals surface area contributed by atoms with Gasteiger partial charge in [0.05, 0.1) is 31.4 Å². The number of carboxylic acid groups (broad SMARTS) is 1. The van der Waals surface area contributed by atoms with Crippen molar-refractivity contribution >= 4 is 12.0 Å². The topological polar surface area (TPSA) is 88.1 Å². The second-order valence-electron chi connectivity index (χ2n) is 5.66. The fraction of sp³-hybridized carbons (Fsp3) is 0.857. The first kappa shape index (κ1) is 16.0. The van der Waals surface area contributed by atoms with Gasteiger partial charge in [-0.3, -0.25) is 4.79 Å². The standard InChI is InChI=1S/C14H24N2O5/c1-3-5-16(12-8-20-7-10(12)13(17)18)14(19)15-11-4-6-21-9(11)2/h9-12H,3-8H2,1-2H3,(H,15,19)(H,17,18). The van der Waals surface area contributed by atoms with Crippen molar-refractivity contribution in [2.24, 2.45) is 5.92 Å². The molecule has 0 radical (unpaired) electrons. The highest BCUT2D eigenvalue weighted by atomic mass is 16.5. The van der Waals surface area contributed by atoms with Crippen molar-refractivity contribution in [1.82, 2.24) is 10.2 Å². The maximum atomic E-state index is 12.5. The predicted molar refractivity (Wildman–Crippen MR) is 75.1 cm³/mol. The summed E-state index contributed by atoms with van der Waals surface area (Å²) in [5.41, 5.74) is 0. The molecule has 2 amide bonds. The molecule has 0 bridgehead atoms. The molecule has 0 spiro atoms. The largest absolute Gasteiger partial charge is 0.481 e. The second kappa shape index (κ2) is 7.09. The van der Waals surface area contributed by atoms with Gasteiger partial charge in [-0.05, 0) is 19.8 Å². The van der Waals surface area contributed by atoms with Crippen molar-refractivity contribution in [2.45, 2.75) is 44.9 Å². The Morgan fingerprint density at radius 3 is 2.71 bits per heavy atom. The summed E-state index contributed by atoms with van der Waals surface area (Å²) in [6, 6.07) is -0.636. The summed E-state index contributed by atoms with van der Waals surface area (Å²) in [6.07, 6.45) is 1.55. The minimum Gasteiger partial charge on any atom is -0.481 e. The molecule has 2 N–H and O–H groups in total. The lowest BCUT2D eigenvalue weighted by Gasteiger charge is -2.31. The Morgan fingerprint density at radius 2 is 2.14 bits per heavy atom. The first-order chi connectivity index (χ1) is 10.0. The number of ether oxygens (including phenoxy) is 2. The molecule has 7 nitrogen and oxygen atoms in total. The predicted octanol–water partition coefficient (Wildman–Crippen LogP) is 0.685. The van der Waals surface area contributed by atoms with Crippen molar-refractivity contribution < 1.29 is 24.2 Å². The van der Waals surface area contributed by atoms with Crippen LogP contribution in [-0.2, 0) is 14.3 Å². The Labute approximate surface area is 124 Å². The van der Waals surface area contributed by atoms with Gasteiger partial charge in [0.1, 0.15) is 5.92 Å². The van der Waals surface area contributed by atoms with Crippen LogP contribution in [-0.4, -0.2) is 66.6 Å². The molecule has 0 aliphatic carbocycles. The fourth-order valence-corrected chi connectivity index (χ4v) is 2.91. The van der Waals surface area contributed by atoms with Gasteiger partial charge in [0.25, 0.3) is 0 Å². The summed E-state index contributed by atoms with van der Waals surface area (Å²) < 4.78 is 10.7. The number of rotatable bonds is 5. The maximum Gasteiger partial charge on any atom is 0.318 e. The number of nitrogens with zero attached hydrogens (tertiary/aromatic N) is 1. The summed E-state index contributed by atoms with van der Waals surface area (Å²) in [5.74, 6) is -1.57. The van der Waals surface area contributed by atoms with E-state index in [2.05, 4.69) is 5.32 Å². The summed E-state index contributed by atoms with van der Waals surface area (Å²) in [7, 11) is 0. The first-order valence-electron chi connectivity index (χ1n) is 7.53. The van der Waals surface area contributed by atoms with E-state index >= 15 is 0 Å². The summed E-state index contributed by atoms with van der Waals surface area (Å²) in [5, 5.41) is 12.2. The van der Waals surface area contributed by atoms with Crippen LogP contribution in [0.15, 0.2) is 0 Å². The van der Waals surface area contributed by atoms with Crippen LogP contribution in [0.2, 0.25) is 0 Å². The van der Waals surface area contributed by atoms with E-state index in [1.165, 1.54) is 0 Å². The van der Waals surface area contributed by atoms with Crippen LogP contribution in [0, 0.1) is 5.92 Å². The van der Waals surface area contributed by atoms with Crippen molar-refractivity contribution in [3.8, 4) is 0 Å². The number of aliphatic carboxylic acids is 1. The number of hydrogen-bond acceptors (Lipinski definition) is 4. The Hall–Kier alpha value is -1.34. The zero-order chi connectivity index (χ0) is 15.4. The molecule has 2 heterocycles. The SMILES string of the molecule is CCCN(C(=O)NC1CCOC1C)C1COCC1C(=O)O. The Bertz CT molecular complexity index is 390. The lowest BCUT2D eigenvalue weighted by Crippen LogP contribution is -2.54. The lowest BCUT2D eigenvalue weighted by atomic mass is 10.0. The summed E-state index contributed by atoms with van der Waals surface area (Å²) in [4.78, 5) is 25.4. The third-order valence-electron chi connectivity index (χ3n) is 4.18. The highest BCUT2D eigenvalue weighted by Gasteiger charge is 2.40. The zero-order valence-electron chi connectivity index (χ0n) is 12.6. The smallest absolute Gasteiger partial charge is 0.318 e. The van der Waals surface area contributed by atoms with E-state index in [9.17, 15) is 14.7 Å². The maximum absolute atomic E-state index is 12.5. The van der Waals surface area contributed by atoms with Crippen molar-refractivity contribution in [2.75, 3.05) is 26.4 Å².